The molecule has 1 atom stereocenters. The summed E-state index contributed by atoms with van der Waals surface area (Å²) >= 11 is 5.84. The van der Waals surface area contributed by atoms with Gasteiger partial charge in [-0.15, -0.1) is 0 Å². The lowest BCUT2D eigenvalue weighted by molar-refractivity contribution is 0.0930. The van der Waals surface area contributed by atoms with E-state index in [1.807, 2.05) is 6.92 Å². The zero-order chi connectivity index (χ0) is 18.4. The molecule has 9 heteroatoms. The van der Waals surface area contributed by atoms with Crippen molar-refractivity contribution in [2.75, 3.05) is 0 Å². The van der Waals surface area contributed by atoms with Gasteiger partial charge in [-0.2, -0.15) is 0 Å². The molecule has 0 aliphatic rings. The highest BCUT2D eigenvalue weighted by molar-refractivity contribution is 6.30. The molecular formula is C17H16ClN5O3. The van der Waals surface area contributed by atoms with E-state index in [4.69, 9.17) is 20.9 Å². The SMILES string of the molecule is CC(Cc1cnccn1)NC(=O)c1cc(COc2cncc(Cl)c2)on1. The second kappa shape index (κ2) is 8.39. The van der Waals surface area contributed by atoms with Crippen LogP contribution in [0.15, 0.2) is 47.6 Å². The quantitative estimate of drug-likeness (QED) is 0.678. The first kappa shape index (κ1) is 17.8. The average Bonchev–Trinajstić information content (AvgIpc) is 3.10. The van der Waals surface area contributed by atoms with Crippen LogP contribution >= 0.6 is 11.6 Å². The van der Waals surface area contributed by atoms with Crippen molar-refractivity contribution in [3.05, 3.63) is 65.3 Å². The van der Waals surface area contributed by atoms with Crippen molar-refractivity contribution in [1.82, 2.24) is 25.4 Å². The molecule has 1 amide bonds. The summed E-state index contributed by atoms with van der Waals surface area (Å²) in [5.41, 5.74) is 0.975. The summed E-state index contributed by atoms with van der Waals surface area (Å²) < 4.78 is 10.6. The number of nitrogens with one attached hydrogen (secondary N) is 1. The van der Waals surface area contributed by atoms with Crippen LogP contribution in [0.1, 0.15) is 28.9 Å². The molecular weight excluding hydrogens is 358 g/mol. The lowest BCUT2D eigenvalue weighted by Gasteiger charge is -2.11. The van der Waals surface area contributed by atoms with Gasteiger partial charge in [-0.05, 0) is 6.92 Å². The molecule has 3 rings (SSSR count). The van der Waals surface area contributed by atoms with Gasteiger partial charge in [0.25, 0.3) is 5.91 Å². The Kier molecular flexibility index (Phi) is 5.75. The number of amides is 1. The van der Waals surface area contributed by atoms with Gasteiger partial charge in [-0.3, -0.25) is 19.7 Å². The van der Waals surface area contributed by atoms with Gasteiger partial charge in [0.05, 0.1) is 16.9 Å². The molecule has 0 aromatic carbocycles. The van der Waals surface area contributed by atoms with Crippen molar-refractivity contribution < 1.29 is 14.1 Å². The number of pyridine rings is 1. The van der Waals surface area contributed by atoms with Crippen molar-refractivity contribution in [3.63, 3.8) is 0 Å². The second-order valence-corrected chi connectivity index (χ2v) is 6.02. The number of hydrogen-bond acceptors (Lipinski definition) is 7. The Morgan fingerprint density at radius 1 is 1.27 bits per heavy atom. The summed E-state index contributed by atoms with van der Waals surface area (Å²) in [5.74, 6) is 0.579. The molecule has 26 heavy (non-hydrogen) atoms. The van der Waals surface area contributed by atoms with Gasteiger partial charge in [-0.1, -0.05) is 16.8 Å². The predicted molar refractivity (Wildman–Crippen MR) is 92.7 cm³/mol. The van der Waals surface area contributed by atoms with Gasteiger partial charge >= 0.3 is 0 Å². The van der Waals surface area contributed by atoms with Gasteiger partial charge in [0.2, 0.25) is 0 Å². The van der Waals surface area contributed by atoms with Crippen LogP contribution in [0.2, 0.25) is 5.02 Å². The fourth-order valence-electron chi connectivity index (χ4n) is 2.21. The molecule has 0 radical (unpaired) electrons. The van der Waals surface area contributed by atoms with E-state index in [-0.39, 0.29) is 24.2 Å². The third-order valence-corrected chi connectivity index (χ3v) is 3.57. The maximum atomic E-state index is 12.2. The third kappa shape index (κ3) is 5.00. The first-order valence-corrected chi connectivity index (χ1v) is 8.22. The van der Waals surface area contributed by atoms with Gasteiger partial charge in [0.1, 0.15) is 12.4 Å². The summed E-state index contributed by atoms with van der Waals surface area (Å²) in [5, 5.41) is 7.08. The Morgan fingerprint density at radius 3 is 2.92 bits per heavy atom. The number of ether oxygens (including phenoxy) is 1. The molecule has 134 valence electrons. The average molecular weight is 374 g/mol. The molecule has 3 aromatic heterocycles. The first-order chi connectivity index (χ1) is 12.6. The molecule has 0 fully saturated rings. The Morgan fingerprint density at radius 2 is 2.15 bits per heavy atom. The van der Waals surface area contributed by atoms with E-state index in [9.17, 15) is 4.79 Å². The minimum atomic E-state index is -0.333. The number of hydrogen-bond donors (Lipinski definition) is 1. The van der Waals surface area contributed by atoms with E-state index in [1.54, 1.807) is 24.7 Å². The maximum absolute atomic E-state index is 12.2. The van der Waals surface area contributed by atoms with Gasteiger partial charge in [0.15, 0.2) is 11.5 Å². The third-order valence-electron chi connectivity index (χ3n) is 3.36. The van der Waals surface area contributed by atoms with Crippen molar-refractivity contribution >= 4 is 17.5 Å². The van der Waals surface area contributed by atoms with E-state index in [0.29, 0.717) is 23.0 Å². The normalized spacial score (nSPS) is 11.8. The number of aromatic nitrogens is 4. The van der Waals surface area contributed by atoms with Gasteiger partial charge in [-0.25, -0.2) is 0 Å². The molecule has 3 aromatic rings. The molecule has 3 heterocycles. The molecule has 0 saturated carbocycles. The Balaban J connectivity index is 1.52. The summed E-state index contributed by atoms with van der Waals surface area (Å²) in [6.45, 7) is 1.99. The largest absolute Gasteiger partial charge is 0.484 e. The summed E-state index contributed by atoms with van der Waals surface area (Å²) in [4.78, 5) is 24.3. The van der Waals surface area contributed by atoms with Crippen molar-refractivity contribution in [1.29, 1.82) is 0 Å². The maximum Gasteiger partial charge on any atom is 0.273 e. The van der Waals surface area contributed by atoms with Crippen molar-refractivity contribution in [2.24, 2.45) is 0 Å². The van der Waals surface area contributed by atoms with E-state index in [0.717, 1.165) is 5.69 Å². The fourth-order valence-corrected chi connectivity index (χ4v) is 2.38. The van der Waals surface area contributed by atoms with Crippen LogP contribution in [-0.2, 0) is 13.0 Å². The van der Waals surface area contributed by atoms with Gasteiger partial charge in [0, 0.05) is 49.4 Å². The van der Waals surface area contributed by atoms with Crippen LogP contribution in [0.4, 0.5) is 0 Å². The molecule has 0 saturated heterocycles. The fraction of sp³-hybridized carbons (Fsp3) is 0.235. The van der Waals surface area contributed by atoms with Crippen LogP contribution in [0.25, 0.3) is 0 Å². The Hall–Kier alpha value is -3.00. The summed E-state index contributed by atoms with van der Waals surface area (Å²) in [6.07, 6.45) is 8.49. The highest BCUT2D eigenvalue weighted by Crippen LogP contribution is 2.17. The number of carbonyl (C=O) groups excluding carboxylic acids is 1. The zero-order valence-electron chi connectivity index (χ0n) is 13.9. The van der Waals surface area contributed by atoms with E-state index < -0.39 is 0 Å². The number of nitrogens with zero attached hydrogens (tertiary/aromatic N) is 4. The highest BCUT2D eigenvalue weighted by Gasteiger charge is 2.16. The lowest BCUT2D eigenvalue weighted by Crippen LogP contribution is -2.34. The smallest absolute Gasteiger partial charge is 0.273 e. The minimum Gasteiger partial charge on any atom is -0.484 e. The van der Waals surface area contributed by atoms with Crippen LogP contribution in [0.5, 0.6) is 5.75 Å². The summed E-state index contributed by atoms with van der Waals surface area (Å²) in [7, 11) is 0. The van der Waals surface area contributed by atoms with Crippen LogP contribution in [-0.4, -0.2) is 32.1 Å². The van der Waals surface area contributed by atoms with Crippen molar-refractivity contribution in [3.8, 4) is 5.75 Å². The van der Waals surface area contributed by atoms with Gasteiger partial charge < -0.3 is 14.6 Å². The van der Waals surface area contributed by atoms with Crippen LogP contribution < -0.4 is 10.1 Å². The lowest BCUT2D eigenvalue weighted by atomic mass is 10.2. The highest BCUT2D eigenvalue weighted by atomic mass is 35.5. The molecule has 1 N–H and O–H groups in total. The molecule has 0 aliphatic heterocycles. The number of halogens is 1. The number of rotatable bonds is 7. The molecule has 1 unspecified atom stereocenters. The Bertz CT molecular complexity index is 872. The standard InChI is InChI=1S/C17H16ClN5O3/c1-11(4-13-8-19-2-3-21-13)22-17(24)16-6-15(26-23-16)10-25-14-5-12(18)7-20-9-14/h2-3,5-9,11H,4,10H2,1H3,(H,22,24). The van der Waals surface area contributed by atoms with E-state index >= 15 is 0 Å². The Labute approximate surface area is 154 Å². The molecule has 0 aliphatic carbocycles. The first-order valence-electron chi connectivity index (χ1n) is 7.85. The van der Waals surface area contributed by atoms with Crippen LogP contribution in [0.3, 0.4) is 0 Å². The van der Waals surface area contributed by atoms with Crippen LogP contribution in [0, 0.1) is 0 Å². The van der Waals surface area contributed by atoms with E-state index in [1.165, 1.54) is 18.5 Å². The molecule has 0 bridgehead atoms. The zero-order valence-corrected chi connectivity index (χ0v) is 14.7. The molecule has 0 spiro atoms. The second-order valence-electron chi connectivity index (χ2n) is 5.58. The topological polar surface area (TPSA) is 103 Å². The number of carbonyl (C=O) groups is 1. The summed E-state index contributed by atoms with van der Waals surface area (Å²) in [6, 6.07) is 3.03. The monoisotopic (exact) mass is 373 g/mol. The minimum absolute atomic E-state index is 0.109. The van der Waals surface area contributed by atoms with Crippen molar-refractivity contribution in [2.45, 2.75) is 26.0 Å². The predicted octanol–water partition coefficient (Wildman–Crippen LogP) is 2.45. The molecule has 8 nitrogen and oxygen atoms in total. The van der Waals surface area contributed by atoms with E-state index in [2.05, 4.69) is 25.4 Å².